The molecule has 3 rings (SSSR count). The predicted molar refractivity (Wildman–Crippen MR) is 175 cm³/mol. The number of Topliss-reactive ketones (excluding diaryl/α,β-unsaturated/α-hetero) is 1. The standard InChI is InChI=1S/C32H56N6O7S/c1-8-9-14-23(25(39)28(41)33-22-16-17-22)34-27(40)24-15-13-20-38(24)29(42)26(31(3,4)5)35-30(43)36-32(18-11-10-12-19-32)21(2)46(44,45)37(6)7/h21-24,26H,8-20H2,1-7H3,(H,33,41)(H,34,40)(H2,35,36,43)/t21-,23-,24-,26+/m0/s1. The van der Waals surface area contributed by atoms with Crippen LogP contribution in [0.25, 0.3) is 0 Å². The Morgan fingerprint density at radius 2 is 1.59 bits per heavy atom. The molecule has 5 amide bonds. The summed E-state index contributed by atoms with van der Waals surface area (Å²) in [5.41, 5.74) is -1.75. The number of unbranched alkanes of at least 4 members (excludes halogenated alkanes) is 1. The maximum absolute atomic E-state index is 14.1. The van der Waals surface area contributed by atoms with Gasteiger partial charge in [-0.3, -0.25) is 19.2 Å². The van der Waals surface area contributed by atoms with Gasteiger partial charge in [-0.15, -0.1) is 0 Å². The van der Waals surface area contributed by atoms with Crippen LogP contribution in [0.1, 0.15) is 112 Å². The summed E-state index contributed by atoms with van der Waals surface area (Å²) in [4.78, 5) is 68.2. The van der Waals surface area contributed by atoms with Gasteiger partial charge in [-0.2, -0.15) is 0 Å². The molecule has 2 saturated carbocycles. The number of carbonyl (C=O) groups is 5. The van der Waals surface area contributed by atoms with Crippen LogP contribution in [0.5, 0.6) is 0 Å². The number of sulfonamides is 1. The molecule has 13 nitrogen and oxygen atoms in total. The molecule has 1 heterocycles. The summed E-state index contributed by atoms with van der Waals surface area (Å²) in [7, 11) is -0.739. The van der Waals surface area contributed by atoms with E-state index in [1.165, 1.54) is 23.3 Å². The zero-order valence-electron chi connectivity index (χ0n) is 28.7. The number of nitrogens with zero attached hydrogens (tertiary/aromatic N) is 2. The molecule has 262 valence electrons. The zero-order chi connectivity index (χ0) is 34.4. The fraction of sp³-hybridized carbons (Fsp3) is 0.844. The fourth-order valence-electron chi connectivity index (χ4n) is 6.52. The van der Waals surface area contributed by atoms with Crippen molar-refractivity contribution >= 4 is 39.6 Å². The lowest BCUT2D eigenvalue weighted by Gasteiger charge is -2.43. The van der Waals surface area contributed by atoms with Crippen LogP contribution in [0, 0.1) is 5.41 Å². The van der Waals surface area contributed by atoms with Crippen LogP contribution in [0.3, 0.4) is 0 Å². The van der Waals surface area contributed by atoms with Crippen molar-refractivity contribution in [2.75, 3.05) is 20.6 Å². The maximum atomic E-state index is 14.1. The van der Waals surface area contributed by atoms with Gasteiger partial charge in [0.15, 0.2) is 0 Å². The molecule has 46 heavy (non-hydrogen) atoms. The molecule has 3 fully saturated rings. The van der Waals surface area contributed by atoms with Crippen molar-refractivity contribution in [3.05, 3.63) is 0 Å². The molecule has 4 atom stereocenters. The Morgan fingerprint density at radius 1 is 0.957 bits per heavy atom. The van der Waals surface area contributed by atoms with Gasteiger partial charge in [0.1, 0.15) is 12.1 Å². The van der Waals surface area contributed by atoms with Crippen molar-refractivity contribution in [2.45, 2.75) is 147 Å². The highest BCUT2D eigenvalue weighted by atomic mass is 32.2. The molecule has 0 aromatic heterocycles. The first kappa shape index (κ1) is 37.7. The highest BCUT2D eigenvalue weighted by Crippen LogP contribution is 2.35. The minimum absolute atomic E-state index is 0.00884. The third kappa shape index (κ3) is 9.20. The highest BCUT2D eigenvalue weighted by molar-refractivity contribution is 7.89. The summed E-state index contributed by atoms with van der Waals surface area (Å²) in [5.74, 6) is -2.32. The van der Waals surface area contributed by atoms with E-state index in [1.807, 2.05) is 27.7 Å². The van der Waals surface area contributed by atoms with E-state index in [1.54, 1.807) is 6.92 Å². The number of nitrogens with one attached hydrogen (secondary N) is 4. The summed E-state index contributed by atoms with van der Waals surface area (Å²) in [6, 6.07) is -3.50. The number of ketones is 1. The molecule has 0 aromatic carbocycles. The largest absolute Gasteiger partial charge is 0.347 e. The Balaban J connectivity index is 1.77. The van der Waals surface area contributed by atoms with E-state index in [4.69, 9.17) is 0 Å². The first-order chi connectivity index (χ1) is 21.4. The van der Waals surface area contributed by atoms with Crippen molar-refractivity contribution in [3.63, 3.8) is 0 Å². The van der Waals surface area contributed by atoms with Crippen molar-refractivity contribution < 1.29 is 32.4 Å². The SMILES string of the molecule is CCCC[C@H](NC(=O)[C@@H]1CCCN1C(=O)[C@@H](NC(=O)NC1([C@H](C)S(=O)(=O)N(C)C)CCCCC1)C(C)(C)C)C(=O)C(=O)NC1CC1. The second-order valence-corrected chi connectivity index (χ2v) is 17.1. The molecule has 0 radical (unpaired) electrons. The number of likely N-dealkylation sites (tertiary alicyclic amines) is 1. The van der Waals surface area contributed by atoms with Crippen LogP contribution in [-0.4, -0.2) is 103 Å². The number of hydrogen-bond donors (Lipinski definition) is 4. The third-order valence-corrected chi connectivity index (χ3v) is 12.0. The van der Waals surface area contributed by atoms with Gasteiger partial charge >= 0.3 is 6.03 Å². The molecular weight excluding hydrogens is 612 g/mol. The van der Waals surface area contributed by atoms with Crippen molar-refractivity contribution in [2.24, 2.45) is 5.41 Å². The molecule has 0 aromatic rings. The number of urea groups is 1. The highest BCUT2D eigenvalue weighted by Gasteiger charge is 2.48. The van der Waals surface area contributed by atoms with E-state index >= 15 is 0 Å². The average molecular weight is 669 g/mol. The Labute approximate surface area is 274 Å². The van der Waals surface area contributed by atoms with Gasteiger partial charge in [0.25, 0.3) is 5.91 Å². The molecule has 14 heteroatoms. The van der Waals surface area contributed by atoms with Gasteiger partial charge in [0.05, 0.1) is 16.8 Å². The Bertz CT molecular complexity index is 1240. The molecule has 0 bridgehead atoms. The van der Waals surface area contributed by atoms with Gasteiger partial charge in [-0.25, -0.2) is 17.5 Å². The monoisotopic (exact) mass is 668 g/mol. The van der Waals surface area contributed by atoms with Crippen LogP contribution in [0.15, 0.2) is 0 Å². The normalized spacial score (nSPS) is 22.0. The third-order valence-electron chi connectivity index (χ3n) is 9.68. The summed E-state index contributed by atoms with van der Waals surface area (Å²) >= 11 is 0. The Hall–Kier alpha value is -2.74. The van der Waals surface area contributed by atoms with Crippen molar-refractivity contribution in [3.8, 4) is 0 Å². The minimum Gasteiger partial charge on any atom is -0.347 e. The fourth-order valence-corrected chi connectivity index (χ4v) is 8.01. The zero-order valence-corrected chi connectivity index (χ0v) is 29.6. The number of hydrogen-bond acceptors (Lipinski definition) is 7. The molecular formula is C32H56N6O7S. The first-order valence-electron chi connectivity index (χ1n) is 16.9. The van der Waals surface area contributed by atoms with Gasteiger partial charge < -0.3 is 26.2 Å². The summed E-state index contributed by atoms with van der Waals surface area (Å²) in [6.07, 6.45) is 7.81. The second kappa shape index (κ2) is 15.4. The van der Waals surface area contributed by atoms with E-state index in [-0.39, 0.29) is 6.04 Å². The molecule has 0 unspecified atom stereocenters. The van der Waals surface area contributed by atoms with Crippen LogP contribution >= 0.6 is 0 Å². The molecule has 4 N–H and O–H groups in total. The smallest absolute Gasteiger partial charge is 0.315 e. The number of carbonyl (C=O) groups excluding carboxylic acids is 5. The quantitative estimate of drug-likeness (QED) is 0.205. The van der Waals surface area contributed by atoms with Crippen molar-refractivity contribution in [1.82, 2.24) is 30.5 Å². The lowest BCUT2D eigenvalue weighted by Crippen LogP contribution is -2.65. The molecule has 1 aliphatic heterocycles. The maximum Gasteiger partial charge on any atom is 0.315 e. The van der Waals surface area contributed by atoms with E-state index < -0.39 is 73.9 Å². The van der Waals surface area contributed by atoms with Crippen LogP contribution in [-0.2, 0) is 29.2 Å². The van der Waals surface area contributed by atoms with Gasteiger partial charge in [-0.05, 0) is 57.3 Å². The lowest BCUT2D eigenvalue weighted by atomic mass is 9.79. The van der Waals surface area contributed by atoms with Crippen LogP contribution < -0.4 is 21.3 Å². The first-order valence-corrected chi connectivity index (χ1v) is 18.4. The van der Waals surface area contributed by atoms with Crippen LogP contribution in [0.4, 0.5) is 4.79 Å². The van der Waals surface area contributed by atoms with Gasteiger partial charge in [-0.1, -0.05) is 59.8 Å². The summed E-state index contributed by atoms with van der Waals surface area (Å²) in [6.45, 7) is 9.31. The average Bonchev–Trinajstić information content (AvgIpc) is 3.66. The van der Waals surface area contributed by atoms with E-state index in [2.05, 4.69) is 21.3 Å². The number of rotatable bonds is 14. The summed E-state index contributed by atoms with van der Waals surface area (Å²) in [5, 5.41) is 10.4. The van der Waals surface area contributed by atoms with Crippen molar-refractivity contribution in [1.29, 1.82) is 0 Å². The van der Waals surface area contributed by atoms with E-state index in [0.29, 0.717) is 45.1 Å². The molecule has 0 spiro atoms. The Kier molecular flexibility index (Phi) is 12.7. The van der Waals surface area contributed by atoms with Gasteiger partial charge in [0.2, 0.25) is 27.6 Å². The lowest BCUT2D eigenvalue weighted by molar-refractivity contribution is -0.143. The van der Waals surface area contributed by atoms with E-state index in [0.717, 1.165) is 38.5 Å². The minimum atomic E-state index is -3.69. The topological polar surface area (TPSA) is 174 Å². The van der Waals surface area contributed by atoms with Gasteiger partial charge in [0, 0.05) is 26.7 Å². The van der Waals surface area contributed by atoms with Crippen LogP contribution in [0.2, 0.25) is 0 Å². The number of amides is 5. The molecule has 1 saturated heterocycles. The predicted octanol–water partition coefficient (Wildman–Crippen LogP) is 2.20. The Morgan fingerprint density at radius 3 is 2.13 bits per heavy atom. The molecule has 2 aliphatic carbocycles. The van der Waals surface area contributed by atoms with E-state index in [9.17, 15) is 32.4 Å². The second-order valence-electron chi connectivity index (χ2n) is 14.6. The summed E-state index contributed by atoms with van der Waals surface area (Å²) < 4.78 is 27.5. The molecule has 3 aliphatic rings.